The summed E-state index contributed by atoms with van der Waals surface area (Å²) in [5, 5.41) is 14.9. The van der Waals surface area contributed by atoms with Crippen LogP contribution in [0.3, 0.4) is 0 Å². The molecule has 0 unspecified atom stereocenters. The maximum Gasteiger partial charge on any atom is 0.200 e. The predicted octanol–water partition coefficient (Wildman–Crippen LogP) is 4.15. The van der Waals surface area contributed by atoms with Crippen LogP contribution in [-0.2, 0) is 13.5 Å². The van der Waals surface area contributed by atoms with Crippen LogP contribution in [0, 0.1) is 0 Å². The lowest BCUT2D eigenvalue weighted by Crippen LogP contribution is -2.09. The van der Waals surface area contributed by atoms with Crippen molar-refractivity contribution in [1.29, 1.82) is 0 Å². The third-order valence-corrected chi connectivity index (χ3v) is 6.27. The highest BCUT2D eigenvalue weighted by Gasteiger charge is 2.16. The number of aromatic nitrogens is 6. The Morgan fingerprint density at radius 2 is 2.00 bits per heavy atom. The first kappa shape index (κ1) is 17.5. The Hall–Kier alpha value is -3.39. The van der Waals surface area contributed by atoms with Gasteiger partial charge in [-0.2, -0.15) is 5.10 Å². The molecular weight excluding hydrogens is 396 g/mol. The van der Waals surface area contributed by atoms with Gasteiger partial charge in [0.15, 0.2) is 10.8 Å². The molecule has 8 heteroatoms. The van der Waals surface area contributed by atoms with Crippen LogP contribution in [0.2, 0.25) is 0 Å². The predicted molar refractivity (Wildman–Crippen MR) is 115 cm³/mol. The third-order valence-electron chi connectivity index (χ3n) is 5.32. The molecule has 5 aromatic rings. The van der Waals surface area contributed by atoms with Gasteiger partial charge in [-0.15, -0.1) is 10.2 Å². The van der Waals surface area contributed by atoms with Crippen molar-refractivity contribution in [3.63, 3.8) is 0 Å². The highest BCUT2D eigenvalue weighted by Crippen LogP contribution is 2.36. The molecule has 30 heavy (non-hydrogen) atoms. The number of aryl methyl sites for hydroxylation is 2. The van der Waals surface area contributed by atoms with Gasteiger partial charge in [0, 0.05) is 52.6 Å². The standard InChI is InChI=1S/C22H18N6OS/c1-27-12-16(11-24-27)15-4-7-20-25-26-22(28(20)13-15)30-17-5-6-19-18(9-17)21-14(10-23-19)3-2-8-29-21/h4-7,9-13H,2-3,8H2,1H3. The van der Waals surface area contributed by atoms with Gasteiger partial charge in [0.05, 0.1) is 18.3 Å². The minimum Gasteiger partial charge on any atom is -0.493 e. The minimum atomic E-state index is 0.759. The van der Waals surface area contributed by atoms with Crippen LogP contribution >= 0.6 is 11.8 Å². The number of fused-ring (bicyclic) bond motifs is 4. The second kappa shape index (κ2) is 6.84. The summed E-state index contributed by atoms with van der Waals surface area (Å²) in [7, 11) is 1.92. The molecule has 7 nitrogen and oxygen atoms in total. The van der Waals surface area contributed by atoms with Gasteiger partial charge in [0.2, 0.25) is 0 Å². The first-order valence-electron chi connectivity index (χ1n) is 9.81. The zero-order valence-electron chi connectivity index (χ0n) is 16.3. The van der Waals surface area contributed by atoms with Crippen molar-refractivity contribution in [2.75, 3.05) is 6.61 Å². The molecule has 0 radical (unpaired) electrons. The van der Waals surface area contributed by atoms with E-state index in [9.17, 15) is 0 Å². The summed E-state index contributed by atoms with van der Waals surface area (Å²) >= 11 is 1.58. The van der Waals surface area contributed by atoms with E-state index in [0.717, 1.165) is 62.9 Å². The van der Waals surface area contributed by atoms with E-state index >= 15 is 0 Å². The molecule has 4 aromatic heterocycles. The number of nitrogens with zero attached hydrogens (tertiary/aromatic N) is 6. The maximum absolute atomic E-state index is 5.97. The molecule has 0 N–H and O–H groups in total. The van der Waals surface area contributed by atoms with Gasteiger partial charge in [-0.1, -0.05) is 0 Å². The van der Waals surface area contributed by atoms with Gasteiger partial charge in [-0.25, -0.2) is 0 Å². The Kier molecular flexibility index (Phi) is 3.98. The highest BCUT2D eigenvalue weighted by atomic mass is 32.2. The Morgan fingerprint density at radius 3 is 2.90 bits per heavy atom. The van der Waals surface area contributed by atoms with E-state index in [2.05, 4.69) is 38.6 Å². The van der Waals surface area contributed by atoms with Crippen LogP contribution in [0.4, 0.5) is 0 Å². The summed E-state index contributed by atoms with van der Waals surface area (Å²) in [5.74, 6) is 0.971. The molecule has 0 saturated carbocycles. The quantitative estimate of drug-likeness (QED) is 0.442. The molecule has 148 valence electrons. The molecule has 1 aliphatic heterocycles. The van der Waals surface area contributed by atoms with Crippen LogP contribution in [0.5, 0.6) is 5.75 Å². The van der Waals surface area contributed by atoms with Crippen LogP contribution in [-0.4, -0.2) is 36.0 Å². The van der Waals surface area contributed by atoms with Crippen molar-refractivity contribution in [1.82, 2.24) is 29.4 Å². The molecule has 0 saturated heterocycles. The largest absolute Gasteiger partial charge is 0.493 e. The van der Waals surface area contributed by atoms with Gasteiger partial charge in [-0.3, -0.25) is 14.1 Å². The smallest absolute Gasteiger partial charge is 0.200 e. The van der Waals surface area contributed by atoms with Crippen molar-refractivity contribution in [3.8, 4) is 16.9 Å². The first-order valence-corrected chi connectivity index (χ1v) is 10.6. The van der Waals surface area contributed by atoms with E-state index < -0.39 is 0 Å². The van der Waals surface area contributed by atoms with Crippen molar-refractivity contribution in [2.24, 2.45) is 7.05 Å². The number of pyridine rings is 2. The Morgan fingerprint density at radius 1 is 1.03 bits per heavy atom. The van der Waals surface area contributed by atoms with Crippen LogP contribution in [0.25, 0.3) is 27.7 Å². The molecular formula is C22H18N6OS. The maximum atomic E-state index is 5.97. The van der Waals surface area contributed by atoms with Crippen molar-refractivity contribution in [2.45, 2.75) is 22.9 Å². The average Bonchev–Trinajstić information content (AvgIpc) is 3.39. The summed E-state index contributed by atoms with van der Waals surface area (Å²) in [6.45, 7) is 0.759. The second-order valence-electron chi connectivity index (χ2n) is 7.38. The topological polar surface area (TPSA) is 70.1 Å². The molecule has 0 bridgehead atoms. The number of ether oxygens (including phenoxy) is 1. The van der Waals surface area contributed by atoms with Crippen molar-refractivity contribution >= 4 is 28.3 Å². The molecule has 0 amide bonds. The van der Waals surface area contributed by atoms with Crippen LogP contribution in [0.1, 0.15) is 12.0 Å². The first-order chi connectivity index (χ1) is 14.7. The van der Waals surface area contributed by atoms with E-state index in [0.29, 0.717) is 0 Å². The van der Waals surface area contributed by atoms with E-state index in [-0.39, 0.29) is 0 Å². The molecule has 6 rings (SSSR count). The Labute approximate surface area is 176 Å². The lowest BCUT2D eigenvalue weighted by Gasteiger charge is -2.18. The van der Waals surface area contributed by atoms with Gasteiger partial charge in [0.1, 0.15) is 5.75 Å². The number of hydrogen-bond donors (Lipinski definition) is 0. The number of hydrogen-bond acceptors (Lipinski definition) is 6. The van der Waals surface area contributed by atoms with Crippen LogP contribution in [0.15, 0.2) is 65.2 Å². The minimum absolute atomic E-state index is 0.759. The Bertz CT molecular complexity index is 1410. The van der Waals surface area contributed by atoms with Gasteiger partial charge >= 0.3 is 0 Å². The SMILES string of the molecule is Cn1cc(-c2ccc3nnc(Sc4ccc5ncc6c(c5c4)OCCC6)n3c2)cn1. The summed E-state index contributed by atoms with van der Waals surface area (Å²) in [5.41, 5.74) is 5.08. The fraction of sp³-hybridized carbons (Fsp3) is 0.182. The van der Waals surface area contributed by atoms with E-state index in [1.54, 1.807) is 16.4 Å². The number of rotatable bonds is 3. The lowest BCUT2D eigenvalue weighted by molar-refractivity contribution is 0.291. The summed E-state index contributed by atoms with van der Waals surface area (Å²) < 4.78 is 9.79. The van der Waals surface area contributed by atoms with Gasteiger partial charge < -0.3 is 4.74 Å². The normalized spacial score (nSPS) is 13.5. The molecule has 5 heterocycles. The fourth-order valence-electron chi connectivity index (χ4n) is 3.82. The molecule has 0 aliphatic carbocycles. The molecule has 0 spiro atoms. The Balaban J connectivity index is 1.40. The van der Waals surface area contributed by atoms with Crippen molar-refractivity contribution in [3.05, 3.63) is 60.7 Å². The average molecular weight is 414 g/mol. The lowest BCUT2D eigenvalue weighted by atomic mass is 10.1. The van der Waals surface area contributed by atoms with Crippen LogP contribution < -0.4 is 4.74 Å². The van der Waals surface area contributed by atoms with Crippen molar-refractivity contribution < 1.29 is 4.74 Å². The molecule has 0 fully saturated rings. The second-order valence-corrected chi connectivity index (χ2v) is 8.42. The third kappa shape index (κ3) is 2.91. The zero-order chi connectivity index (χ0) is 20.1. The summed E-state index contributed by atoms with van der Waals surface area (Å²) in [6.07, 6.45) is 9.91. The monoisotopic (exact) mass is 414 g/mol. The van der Waals surface area contributed by atoms with E-state index in [4.69, 9.17) is 4.74 Å². The van der Waals surface area contributed by atoms with Gasteiger partial charge in [0.25, 0.3) is 0 Å². The summed E-state index contributed by atoms with van der Waals surface area (Å²) in [6, 6.07) is 10.3. The molecule has 0 atom stereocenters. The van der Waals surface area contributed by atoms with E-state index in [1.165, 1.54) is 5.56 Å². The zero-order valence-corrected chi connectivity index (χ0v) is 17.1. The molecule has 1 aliphatic rings. The fourth-order valence-corrected chi connectivity index (χ4v) is 4.67. The highest BCUT2D eigenvalue weighted by molar-refractivity contribution is 7.99. The van der Waals surface area contributed by atoms with Gasteiger partial charge in [-0.05, 0) is 54.9 Å². The number of benzene rings is 1. The molecule has 1 aromatic carbocycles. The summed E-state index contributed by atoms with van der Waals surface area (Å²) in [4.78, 5) is 5.68. The van der Waals surface area contributed by atoms with E-state index in [1.807, 2.05) is 48.2 Å².